The minimum Gasteiger partial charge on any atom is -0.411 e. The number of ether oxygens (including phenoxy) is 2. The van der Waals surface area contributed by atoms with Crippen molar-refractivity contribution in [2.24, 2.45) is 0 Å². The largest absolute Gasteiger partial charge is 0.411 e. The van der Waals surface area contributed by atoms with Gasteiger partial charge in [-0.15, -0.1) is 0 Å². The van der Waals surface area contributed by atoms with Crippen molar-refractivity contribution >= 4 is 14.1 Å². The Morgan fingerprint density at radius 1 is 0.886 bits per heavy atom. The number of nitrogens with one attached hydrogen (secondary N) is 1. The third-order valence-electron chi connectivity index (χ3n) is 8.78. The molecular formula is C35H43N3O5Si. The number of aromatic nitrogens is 2. The lowest BCUT2D eigenvalue weighted by atomic mass is 9.80. The van der Waals surface area contributed by atoms with Crippen molar-refractivity contribution in [3.63, 3.8) is 0 Å². The second-order valence-electron chi connectivity index (χ2n) is 12.7. The normalized spacial score (nSPS) is 19.2. The minimum atomic E-state index is -2.21. The van der Waals surface area contributed by atoms with Crippen LogP contribution in [0.25, 0.3) is 0 Å². The van der Waals surface area contributed by atoms with Gasteiger partial charge in [0.25, 0.3) is 0 Å². The van der Waals surface area contributed by atoms with Gasteiger partial charge in [0.15, 0.2) is 14.1 Å². The molecule has 0 bridgehead atoms. The van der Waals surface area contributed by atoms with Crippen LogP contribution in [0.2, 0.25) is 18.1 Å². The lowest BCUT2D eigenvalue weighted by Crippen LogP contribution is -2.47. The molecule has 0 aliphatic carbocycles. The predicted molar refractivity (Wildman–Crippen MR) is 175 cm³/mol. The van der Waals surface area contributed by atoms with Crippen LogP contribution in [-0.4, -0.2) is 43.8 Å². The molecule has 0 radical (unpaired) electrons. The summed E-state index contributed by atoms with van der Waals surface area (Å²) in [5.41, 5.74) is 4.30. The topological polar surface area (TPSA) is 83.8 Å². The van der Waals surface area contributed by atoms with Crippen molar-refractivity contribution in [3.8, 4) is 0 Å². The highest BCUT2D eigenvalue weighted by Crippen LogP contribution is 2.44. The molecule has 8 nitrogen and oxygen atoms in total. The van der Waals surface area contributed by atoms with E-state index in [-0.39, 0.29) is 17.7 Å². The van der Waals surface area contributed by atoms with Crippen molar-refractivity contribution in [1.82, 2.24) is 9.55 Å². The number of hydrogen-bond acceptors (Lipinski definition) is 7. The summed E-state index contributed by atoms with van der Waals surface area (Å²) in [4.78, 5) is 22.1. The van der Waals surface area contributed by atoms with Crippen LogP contribution in [0.15, 0.2) is 108 Å². The van der Waals surface area contributed by atoms with Crippen LogP contribution in [0.4, 0.5) is 5.82 Å². The van der Waals surface area contributed by atoms with Gasteiger partial charge in [-0.3, -0.25) is 9.40 Å². The van der Waals surface area contributed by atoms with Gasteiger partial charge in [-0.25, -0.2) is 10.3 Å². The lowest BCUT2D eigenvalue weighted by Gasteiger charge is -2.40. The molecule has 4 aromatic rings. The van der Waals surface area contributed by atoms with Crippen LogP contribution in [-0.2, 0) is 24.3 Å². The zero-order valence-corrected chi connectivity index (χ0v) is 27.4. The molecule has 3 aromatic carbocycles. The molecule has 3 atom stereocenters. The summed E-state index contributed by atoms with van der Waals surface area (Å²) >= 11 is 0. The molecule has 1 aliphatic heterocycles. The van der Waals surface area contributed by atoms with Gasteiger partial charge in [0.05, 0.1) is 19.8 Å². The maximum atomic E-state index is 13.0. The van der Waals surface area contributed by atoms with E-state index in [1.807, 2.05) is 54.6 Å². The van der Waals surface area contributed by atoms with E-state index in [1.54, 1.807) is 12.3 Å². The molecule has 0 spiro atoms. The third-order valence-corrected chi connectivity index (χ3v) is 13.3. The molecule has 5 rings (SSSR count). The first kappa shape index (κ1) is 31.8. The zero-order chi connectivity index (χ0) is 31.4. The van der Waals surface area contributed by atoms with Crippen molar-refractivity contribution in [2.75, 3.05) is 19.2 Å². The van der Waals surface area contributed by atoms with E-state index in [4.69, 9.17) is 18.7 Å². The average molecular weight is 614 g/mol. The molecule has 1 saturated heterocycles. The lowest BCUT2D eigenvalue weighted by molar-refractivity contribution is -0.0928. The quantitative estimate of drug-likeness (QED) is 0.112. The first-order valence-corrected chi connectivity index (χ1v) is 18.0. The average Bonchev–Trinajstić information content (AvgIpc) is 3.40. The van der Waals surface area contributed by atoms with Crippen LogP contribution >= 0.6 is 0 Å². The molecule has 0 unspecified atom stereocenters. The van der Waals surface area contributed by atoms with Crippen LogP contribution in [0.3, 0.4) is 0 Å². The van der Waals surface area contributed by atoms with Gasteiger partial charge in [-0.2, -0.15) is 4.98 Å². The highest BCUT2D eigenvalue weighted by Gasteiger charge is 2.47. The highest BCUT2D eigenvalue weighted by molar-refractivity contribution is 6.74. The van der Waals surface area contributed by atoms with Crippen molar-refractivity contribution in [2.45, 2.75) is 69.4 Å². The minimum absolute atomic E-state index is 0.00969. The summed E-state index contributed by atoms with van der Waals surface area (Å²) in [6.45, 7) is 11.4. The van der Waals surface area contributed by atoms with Crippen LogP contribution in [0, 0.1) is 0 Å². The highest BCUT2D eigenvalue weighted by atomic mass is 28.4. The van der Waals surface area contributed by atoms with Crippen LogP contribution in [0.1, 0.15) is 50.1 Å². The molecule has 232 valence electrons. The molecule has 1 aliphatic rings. The summed E-state index contributed by atoms with van der Waals surface area (Å²) in [7, 11) is -0.734. The van der Waals surface area contributed by atoms with Crippen LogP contribution < -0.4 is 11.2 Å². The van der Waals surface area contributed by atoms with E-state index in [0.29, 0.717) is 12.2 Å². The second kappa shape index (κ2) is 13.2. The second-order valence-corrected chi connectivity index (χ2v) is 17.4. The fourth-order valence-electron chi connectivity index (χ4n) is 5.47. The molecular weight excluding hydrogens is 570 g/mol. The maximum absolute atomic E-state index is 13.0. The van der Waals surface area contributed by atoms with Crippen molar-refractivity contribution in [1.29, 1.82) is 0 Å². The Kier molecular flexibility index (Phi) is 9.53. The van der Waals surface area contributed by atoms with Gasteiger partial charge in [0.2, 0.25) is 0 Å². The van der Waals surface area contributed by atoms with Crippen LogP contribution in [0.5, 0.6) is 0 Å². The van der Waals surface area contributed by atoms with Gasteiger partial charge in [0.1, 0.15) is 17.9 Å². The monoisotopic (exact) mass is 613 g/mol. The summed E-state index contributed by atoms with van der Waals surface area (Å²) in [5.74, 6) is 0.332. The van der Waals surface area contributed by atoms with Gasteiger partial charge in [-0.1, -0.05) is 112 Å². The number of hydrogen-bond donors (Lipinski definition) is 1. The van der Waals surface area contributed by atoms with E-state index in [1.165, 1.54) is 11.7 Å². The molecule has 0 saturated carbocycles. The SMILES string of the molecule is CONc1ccn([C@H]2C[C@H](O[Si](C)(C)C(C)(C)C)[C@@H](COC(c3ccccc3)(c3ccccc3)c3ccccc3)O2)c(=O)n1. The van der Waals surface area contributed by atoms with E-state index in [9.17, 15) is 4.79 Å². The molecule has 2 heterocycles. The Bertz CT molecular complexity index is 1460. The van der Waals surface area contributed by atoms with Gasteiger partial charge < -0.3 is 13.9 Å². The van der Waals surface area contributed by atoms with Gasteiger partial charge >= 0.3 is 5.69 Å². The first-order chi connectivity index (χ1) is 21.0. The predicted octanol–water partition coefficient (Wildman–Crippen LogP) is 6.90. The van der Waals surface area contributed by atoms with E-state index >= 15 is 0 Å². The standard InChI is InChI=1S/C35H43N3O5Si/c1-34(2,3)44(5,6)43-29-24-32(38-23-22-31(37-40-4)36-33(38)39)42-30(29)25-41-35(26-16-10-7-11-17-26,27-18-12-8-13-19-27)28-20-14-9-15-21-28/h7-23,29-30,32H,24-25H2,1-6H3,(H,36,37,39)/t29-,30+,32+/m0/s1. The number of rotatable bonds is 11. The van der Waals surface area contributed by atoms with Gasteiger partial charge in [-0.05, 0) is 40.9 Å². The summed E-state index contributed by atoms with van der Waals surface area (Å²) in [6, 6.07) is 32.5. The Balaban J connectivity index is 1.54. The van der Waals surface area contributed by atoms with Crippen molar-refractivity contribution < 1.29 is 18.7 Å². The third kappa shape index (κ3) is 6.57. The number of benzene rings is 3. The smallest absolute Gasteiger partial charge is 0.351 e. The number of anilines is 1. The Labute approximate surface area is 261 Å². The Morgan fingerprint density at radius 3 is 1.86 bits per heavy atom. The Morgan fingerprint density at radius 2 is 1.41 bits per heavy atom. The molecule has 1 aromatic heterocycles. The zero-order valence-electron chi connectivity index (χ0n) is 26.4. The van der Waals surface area contributed by atoms with E-state index in [0.717, 1.165) is 16.7 Å². The first-order valence-electron chi connectivity index (χ1n) is 15.1. The number of nitrogens with zero attached hydrogens (tertiary/aromatic N) is 2. The molecule has 9 heteroatoms. The molecule has 1 N–H and O–H groups in total. The molecule has 0 amide bonds. The fraction of sp³-hybridized carbons (Fsp3) is 0.371. The van der Waals surface area contributed by atoms with Gasteiger partial charge in [0, 0.05) is 12.6 Å². The summed E-state index contributed by atoms with van der Waals surface area (Å²) in [6.07, 6.45) is 0.886. The Hall–Kier alpha value is -3.60. The van der Waals surface area contributed by atoms with E-state index in [2.05, 4.69) is 80.7 Å². The maximum Gasteiger partial charge on any atom is 0.351 e. The molecule has 44 heavy (non-hydrogen) atoms. The van der Waals surface area contributed by atoms with Crippen molar-refractivity contribution in [3.05, 3.63) is 130 Å². The molecule has 1 fully saturated rings. The summed E-state index contributed by atoms with van der Waals surface area (Å²) < 4.78 is 22.3. The van der Waals surface area contributed by atoms with E-state index < -0.39 is 31.9 Å². The summed E-state index contributed by atoms with van der Waals surface area (Å²) in [5, 5.41) is -0.00969. The fourth-order valence-corrected chi connectivity index (χ4v) is 6.83.